The quantitative estimate of drug-likeness (QED) is 0.849. The summed E-state index contributed by atoms with van der Waals surface area (Å²) in [5.41, 5.74) is 0.762. The van der Waals surface area contributed by atoms with Crippen molar-refractivity contribution in [3.63, 3.8) is 0 Å². The highest BCUT2D eigenvalue weighted by molar-refractivity contribution is 5.33. The van der Waals surface area contributed by atoms with E-state index in [1.807, 2.05) is 37.3 Å². The topological polar surface area (TPSA) is 47.4 Å². The van der Waals surface area contributed by atoms with Gasteiger partial charge in [0.25, 0.3) is 5.56 Å². The van der Waals surface area contributed by atoms with E-state index < -0.39 is 0 Å². The number of hydrogen-bond donors (Lipinski definition) is 0. The molecular formula is C17H21N3O2. The predicted octanol–water partition coefficient (Wildman–Crippen LogP) is 2.23. The van der Waals surface area contributed by atoms with E-state index in [1.165, 1.54) is 0 Å². The lowest BCUT2D eigenvalue weighted by Crippen LogP contribution is -2.32. The minimum absolute atomic E-state index is 0.00828. The van der Waals surface area contributed by atoms with E-state index >= 15 is 0 Å². The van der Waals surface area contributed by atoms with Crippen LogP contribution < -0.4 is 15.2 Å². The highest BCUT2D eigenvalue weighted by atomic mass is 16.5. The van der Waals surface area contributed by atoms with Gasteiger partial charge in [-0.3, -0.25) is 9.36 Å². The first-order valence-corrected chi connectivity index (χ1v) is 7.75. The van der Waals surface area contributed by atoms with Crippen LogP contribution >= 0.6 is 0 Å². The number of hydrogen-bond acceptors (Lipinski definition) is 4. The lowest BCUT2D eigenvalue weighted by atomic mass is 10.3. The van der Waals surface area contributed by atoms with Crippen LogP contribution in [0.4, 0.5) is 5.95 Å². The van der Waals surface area contributed by atoms with Crippen molar-refractivity contribution in [1.82, 2.24) is 9.55 Å². The Hall–Kier alpha value is -2.30. The van der Waals surface area contributed by atoms with Gasteiger partial charge in [-0.15, -0.1) is 0 Å². The first-order chi connectivity index (χ1) is 10.7. The van der Waals surface area contributed by atoms with Crippen molar-refractivity contribution < 1.29 is 4.74 Å². The Bertz CT molecular complexity index is 676. The number of rotatable bonds is 5. The molecule has 0 bridgehead atoms. The van der Waals surface area contributed by atoms with Gasteiger partial charge in [0.1, 0.15) is 12.4 Å². The van der Waals surface area contributed by atoms with Crippen LogP contribution in [0.25, 0.3) is 0 Å². The lowest BCUT2D eigenvalue weighted by molar-refractivity contribution is 0.296. The Balaban J connectivity index is 1.75. The van der Waals surface area contributed by atoms with Crippen molar-refractivity contribution in [2.75, 3.05) is 24.6 Å². The molecule has 116 valence electrons. The zero-order valence-electron chi connectivity index (χ0n) is 12.9. The maximum atomic E-state index is 12.3. The van der Waals surface area contributed by atoms with Gasteiger partial charge in [-0.1, -0.05) is 18.2 Å². The highest BCUT2D eigenvalue weighted by Gasteiger charge is 2.18. The summed E-state index contributed by atoms with van der Waals surface area (Å²) in [4.78, 5) is 19.1. The number of anilines is 1. The van der Waals surface area contributed by atoms with E-state index in [9.17, 15) is 4.79 Å². The average molecular weight is 299 g/mol. The molecule has 5 nitrogen and oxygen atoms in total. The molecule has 0 aliphatic carbocycles. The van der Waals surface area contributed by atoms with E-state index in [4.69, 9.17) is 4.74 Å². The second-order valence-corrected chi connectivity index (χ2v) is 5.54. The number of nitrogens with zero attached hydrogens (tertiary/aromatic N) is 3. The molecule has 1 aliphatic heterocycles. The molecule has 0 unspecified atom stereocenters. The molecule has 0 radical (unpaired) electrons. The van der Waals surface area contributed by atoms with Gasteiger partial charge >= 0.3 is 0 Å². The van der Waals surface area contributed by atoms with E-state index in [0.717, 1.165) is 43.3 Å². The first-order valence-electron chi connectivity index (χ1n) is 7.75. The molecule has 2 aromatic rings. The second-order valence-electron chi connectivity index (χ2n) is 5.54. The Kier molecular flexibility index (Phi) is 4.42. The molecule has 0 amide bonds. The van der Waals surface area contributed by atoms with Crippen LogP contribution in [0, 0.1) is 6.92 Å². The van der Waals surface area contributed by atoms with Crippen LogP contribution in [0.2, 0.25) is 0 Å². The third kappa shape index (κ3) is 3.30. The molecular weight excluding hydrogens is 278 g/mol. The molecule has 1 fully saturated rings. The van der Waals surface area contributed by atoms with Gasteiger partial charge in [0, 0.05) is 24.8 Å². The molecule has 0 N–H and O–H groups in total. The summed E-state index contributed by atoms with van der Waals surface area (Å²) in [7, 11) is 0. The van der Waals surface area contributed by atoms with Gasteiger partial charge in [-0.2, -0.15) is 0 Å². The van der Waals surface area contributed by atoms with Crippen molar-refractivity contribution in [2.24, 2.45) is 0 Å². The van der Waals surface area contributed by atoms with Gasteiger partial charge in [0.15, 0.2) is 0 Å². The largest absolute Gasteiger partial charge is 0.492 e. The number of aryl methyl sites for hydroxylation is 1. The van der Waals surface area contributed by atoms with Crippen molar-refractivity contribution in [3.05, 3.63) is 52.4 Å². The van der Waals surface area contributed by atoms with E-state index in [-0.39, 0.29) is 5.56 Å². The van der Waals surface area contributed by atoms with Crippen molar-refractivity contribution in [3.8, 4) is 5.75 Å². The monoisotopic (exact) mass is 299 g/mol. The third-order valence-electron chi connectivity index (χ3n) is 3.83. The lowest BCUT2D eigenvalue weighted by Gasteiger charge is -2.21. The molecule has 1 saturated heterocycles. The minimum Gasteiger partial charge on any atom is -0.492 e. The number of ether oxygens (including phenoxy) is 1. The molecule has 0 atom stereocenters. The highest BCUT2D eigenvalue weighted by Crippen LogP contribution is 2.17. The fraction of sp³-hybridized carbons (Fsp3) is 0.412. The summed E-state index contributed by atoms with van der Waals surface area (Å²) >= 11 is 0. The normalized spacial score (nSPS) is 14.3. The number of para-hydroxylation sites is 1. The summed E-state index contributed by atoms with van der Waals surface area (Å²) in [6, 6.07) is 11.2. The molecule has 1 aromatic carbocycles. The van der Waals surface area contributed by atoms with E-state index in [0.29, 0.717) is 13.2 Å². The Labute approximate surface area is 130 Å². The minimum atomic E-state index is -0.00828. The van der Waals surface area contributed by atoms with E-state index in [2.05, 4.69) is 9.88 Å². The molecule has 1 aliphatic rings. The molecule has 3 rings (SSSR count). The van der Waals surface area contributed by atoms with Gasteiger partial charge in [0.05, 0.1) is 6.54 Å². The Morgan fingerprint density at radius 3 is 2.64 bits per heavy atom. The zero-order chi connectivity index (χ0) is 15.4. The summed E-state index contributed by atoms with van der Waals surface area (Å²) in [5, 5.41) is 0. The Morgan fingerprint density at radius 1 is 1.18 bits per heavy atom. The molecule has 0 spiro atoms. The summed E-state index contributed by atoms with van der Waals surface area (Å²) in [5.74, 6) is 1.59. The Morgan fingerprint density at radius 2 is 1.91 bits per heavy atom. The third-order valence-corrected chi connectivity index (χ3v) is 3.83. The first kappa shape index (κ1) is 14.6. The standard InChI is InChI=1S/C17H21N3O2/c1-14-13-16(21)20(17(18-14)19-9-5-6-10-19)11-12-22-15-7-3-2-4-8-15/h2-4,7-8,13H,5-6,9-12H2,1H3. The van der Waals surface area contributed by atoms with E-state index in [1.54, 1.807) is 10.6 Å². The van der Waals surface area contributed by atoms with Crippen molar-refractivity contribution in [1.29, 1.82) is 0 Å². The summed E-state index contributed by atoms with van der Waals surface area (Å²) < 4.78 is 7.43. The van der Waals surface area contributed by atoms with Crippen LogP contribution in [0.5, 0.6) is 5.75 Å². The molecule has 5 heteroatoms. The maximum Gasteiger partial charge on any atom is 0.255 e. The predicted molar refractivity (Wildman–Crippen MR) is 86.6 cm³/mol. The average Bonchev–Trinajstić information content (AvgIpc) is 3.04. The zero-order valence-corrected chi connectivity index (χ0v) is 12.9. The SMILES string of the molecule is Cc1cc(=O)n(CCOc2ccccc2)c(N2CCCC2)n1. The molecule has 0 saturated carbocycles. The van der Waals surface area contributed by atoms with Crippen LogP contribution in [0.3, 0.4) is 0 Å². The van der Waals surface area contributed by atoms with Crippen LogP contribution in [-0.4, -0.2) is 29.2 Å². The number of aromatic nitrogens is 2. The fourth-order valence-corrected chi connectivity index (χ4v) is 2.75. The second kappa shape index (κ2) is 6.64. The smallest absolute Gasteiger partial charge is 0.255 e. The van der Waals surface area contributed by atoms with Gasteiger partial charge in [-0.25, -0.2) is 4.98 Å². The maximum absolute atomic E-state index is 12.3. The van der Waals surface area contributed by atoms with Crippen LogP contribution in [0.15, 0.2) is 41.2 Å². The molecule has 1 aromatic heterocycles. The molecule has 2 heterocycles. The van der Waals surface area contributed by atoms with Crippen LogP contribution in [-0.2, 0) is 6.54 Å². The van der Waals surface area contributed by atoms with Crippen LogP contribution in [0.1, 0.15) is 18.5 Å². The summed E-state index contributed by atoms with van der Waals surface area (Å²) in [6.45, 7) is 4.76. The number of benzene rings is 1. The fourth-order valence-electron chi connectivity index (χ4n) is 2.75. The van der Waals surface area contributed by atoms with Crippen molar-refractivity contribution in [2.45, 2.75) is 26.3 Å². The van der Waals surface area contributed by atoms with Gasteiger partial charge in [-0.05, 0) is 31.9 Å². The van der Waals surface area contributed by atoms with Crippen molar-refractivity contribution >= 4 is 5.95 Å². The van der Waals surface area contributed by atoms with Gasteiger partial charge in [0.2, 0.25) is 5.95 Å². The molecule has 22 heavy (non-hydrogen) atoms. The van der Waals surface area contributed by atoms with Gasteiger partial charge < -0.3 is 9.64 Å². The summed E-state index contributed by atoms with van der Waals surface area (Å²) in [6.07, 6.45) is 2.31.